The molecule has 0 N–H and O–H groups in total. The molecule has 5 rings (SSSR count). The molecule has 1 aliphatic rings. The van der Waals surface area contributed by atoms with Crippen LogP contribution in [-0.4, -0.2) is 59.7 Å². The number of nitrogens with zero attached hydrogens (tertiary/aromatic N) is 4. The van der Waals surface area contributed by atoms with E-state index >= 15 is 0 Å². The van der Waals surface area contributed by atoms with Crippen molar-refractivity contribution in [3.05, 3.63) is 63.9 Å². The lowest BCUT2D eigenvalue weighted by Gasteiger charge is -2.33. The molecule has 0 bridgehead atoms. The Morgan fingerprint density at radius 3 is 2.66 bits per heavy atom. The summed E-state index contributed by atoms with van der Waals surface area (Å²) in [4.78, 5) is 23.6. The van der Waals surface area contributed by atoms with Gasteiger partial charge in [-0.3, -0.25) is 9.78 Å². The van der Waals surface area contributed by atoms with Gasteiger partial charge in [-0.05, 0) is 36.1 Å². The molecule has 1 amide bonds. The van der Waals surface area contributed by atoms with E-state index < -0.39 is 10.0 Å². The normalized spacial score (nSPS) is 15.3. The van der Waals surface area contributed by atoms with Crippen molar-refractivity contribution in [3.8, 4) is 10.6 Å². The van der Waals surface area contributed by atoms with E-state index in [1.807, 2.05) is 35.9 Å². The Kier molecular flexibility index (Phi) is 5.54. The standard InChI is InChI=1S/C22H20N4O3S3/c1-15-11-16-3-2-4-19(20(16)23-12-15)32(28,29)26-8-6-25(7-9-26)22(27)18-14-31-21(24-18)17-5-10-30-13-17/h2-5,10-14H,6-9H2,1H3. The molecule has 164 valence electrons. The van der Waals surface area contributed by atoms with E-state index in [0.717, 1.165) is 21.5 Å². The number of thiazole rings is 1. The molecule has 10 heteroatoms. The Hall–Kier alpha value is -2.66. The highest BCUT2D eigenvalue weighted by atomic mass is 32.2. The number of thiophene rings is 1. The first kappa shape index (κ1) is 21.2. The predicted molar refractivity (Wildman–Crippen MR) is 127 cm³/mol. The van der Waals surface area contributed by atoms with Crippen LogP contribution >= 0.6 is 22.7 Å². The van der Waals surface area contributed by atoms with Gasteiger partial charge in [0.2, 0.25) is 10.0 Å². The first-order valence-corrected chi connectivity index (χ1v) is 13.3. The van der Waals surface area contributed by atoms with Crippen LogP contribution in [0.15, 0.2) is 57.6 Å². The molecule has 0 unspecified atom stereocenters. The summed E-state index contributed by atoms with van der Waals surface area (Å²) in [5, 5.41) is 7.35. The number of hydrogen-bond acceptors (Lipinski definition) is 7. The van der Waals surface area contributed by atoms with Crippen LogP contribution in [0.2, 0.25) is 0 Å². The quantitative estimate of drug-likeness (QED) is 0.439. The van der Waals surface area contributed by atoms with Crippen LogP contribution in [0.5, 0.6) is 0 Å². The molecule has 3 aromatic heterocycles. The minimum Gasteiger partial charge on any atom is -0.335 e. The van der Waals surface area contributed by atoms with Crippen molar-refractivity contribution in [2.24, 2.45) is 0 Å². The molecule has 0 aliphatic carbocycles. The van der Waals surface area contributed by atoms with Gasteiger partial charge in [-0.25, -0.2) is 13.4 Å². The largest absolute Gasteiger partial charge is 0.335 e. The molecule has 0 radical (unpaired) electrons. The van der Waals surface area contributed by atoms with Crippen LogP contribution < -0.4 is 0 Å². The number of rotatable bonds is 4. The number of hydrogen-bond donors (Lipinski definition) is 0. The van der Waals surface area contributed by atoms with Crippen LogP contribution in [0.4, 0.5) is 0 Å². The minimum atomic E-state index is -3.72. The van der Waals surface area contributed by atoms with Crippen LogP contribution in [0.3, 0.4) is 0 Å². The van der Waals surface area contributed by atoms with Crippen LogP contribution in [0.25, 0.3) is 21.5 Å². The summed E-state index contributed by atoms with van der Waals surface area (Å²) >= 11 is 3.03. The second-order valence-corrected chi connectivity index (χ2v) is 11.1. The van der Waals surface area contributed by atoms with Crippen LogP contribution in [0.1, 0.15) is 16.1 Å². The molecule has 7 nitrogen and oxygen atoms in total. The van der Waals surface area contributed by atoms with Crippen molar-refractivity contribution in [3.63, 3.8) is 0 Å². The minimum absolute atomic E-state index is 0.165. The second kappa shape index (κ2) is 8.36. The molecular weight excluding hydrogens is 464 g/mol. The fraction of sp³-hybridized carbons (Fsp3) is 0.227. The van der Waals surface area contributed by atoms with Gasteiger partial charge < -0.3 is 4.90 Å². The van der Waals surface area contributed by atoms with Crippen molar-refractivity contribution in [2.75, 3.05) is 26.2 Å². The van der Waals surface area contributed by atoms with Crippen molar-refractivity contribution in [1.29, 1.82) is 0 Å². The van der Waals surface area contributed by atoms with Gasteiger partial charge in [0.25, 0.3) is 5.91 Å². The highest BCUT2D eigenvalue weighted by Gasteiger charge is 2.32. The van der Waals surface area contributed by atoms with E-state index in [9.17, 15) is 13.2 Å². The van der Waals surface area contributed by atoms with E-state index in [-0.39, 0.29) is 23.9 Å². The predicted octanol–water partition coefficient (Wildman–Crippen LogP) is 3.87. The summed E-state index contributed by atoms with van der Waals surface area (Å²) in [5.74, 6) is -0.165. The average molecular weight is 485 g/mol. The second-order valence-electron chi connectivity index (χ2n) is 7.59. The number of amides is 1. The zero-order valence-corrected chi connectivity index (χ0v) is 19.7. The van der Waals surface area contributed by atoms with Gasteiger partial charge in [-0.1, -0.05) is 12.1 Å². The third-order valence-corrected chi connectivity index (χ3v) is 8.95. The molecule has 4 aromatic rings. The number of aromatic nitrogens is 2. The molecule has 4 heterocycles. The van der Waals surface area contributed by atoms with Crippen LogP contribution in [-0.2, 0) is 10.0 Å². The lowest BCUT2D eigenvalue weighted by Crippen LogP contribution is -2.50. The lowest BCUT2D eigenvalue weighted by molar-refractivity contribution is 0.0693. The molecule has 0 atom stereocenters. The van der Waals surface area contributed by atoms with Gasteiger partial charge in [-0.2, -0.15) is 15.6 Å². The summed E-state index contributed by atoms with van der Waals surface area (Å²) < 4.78 is 28.1. The Labute approximate surface area is 194 Å². The van der Waals surface area contributed by atoms with E-state index in [1.165, 1.54) is 15.6 Å². The smallest absolute Gasteiger partial charge is 0.273 e. The number of carbonyl (C=O) groups excluding carboxylic acids is 1. The number of carbonyl (C=O) groups is 1. The zero-order chi connectivity index (χ0) is 22.3. The first-order valence-electron chi connectivity index (χ1n) is 10.1. The van der Waals surface area contributed by atoms with Gasteiger partial charge in [-0.15, -0.1) is 11.3 Å². The maximum Gasteiger partial charge on any atom is 0.273 e. The Balaban J connectivity index is 1.32. The average Bonchev–Trinajstić information content (AvgIpc) is 3.50. The van der Waals surface area contributed by atoms with E-state index in [2.05, 4.69) is 9.97 Å². The summed E-state index contributed by atoms with van der Waals surface area (Å²) in [6.45, 7) is 3.03. The summed E-state index contributed by atoms with van der Waals surface area (Å²) in [6, 6.07) is 9.10. The van der Waals surface area contributed by atoms with Crippen LogP contribution in [0, 0.1) is 6.92 Å². The third kappa shape index (κ3) is 3.83. The zero-order valence-electron chi connectivity index (χ0n) is 17.3. The molecular formula is C22H20N4O3S3. The number of pyridine rings is 1. The Morgan fingerprint density at radius 2 is 1.91 bits per heavy atom. The summed E-state index contributed by atoms with van der Waals surface area (Å²) in [6.07, 6.45) is 1.68. The lowest BCUT2D eigenvalue weighted by atomic mass is 10.2. The molecule has 1 saturated heterocycles. The molecule has 1 aliphatic heterocycles. The fourth-order valence-corrected chi connectivity index (χ4v) is 6.87. The van der Waals surface area contributed by atoms with Gasteiger partial charge in [0.05, 0.1) is 5.52 Å². The van der Waals surface area contributed by atoms with Crippen molar-refractivity contribution < 1.29 is 13.2 Å². The monoisotopic (exact) mass is 484 g/mol. The molecule has 1 aromatic carbocycles. The van der Waals surface area contributed by atoms with Gasteiger partial charge in [0, 0.05) is 54.1 Å². The van der Waals surface area contributed by atoms with Gasteiger partial charge in [0.1, 0.15) is 15.6 Å². The summed E-state index contributed by atoms with van der Waals surface area (Å²) in [5.41, 5.74) is 2.86. The third-order valence-electron chi connectivity index (χ3n) is 5.45. The van der Waals surface area contributed by atoms with Gasteiger partial charge in [0.15, 0.2) is 0 Å². The van der Waals surface area contributed by atoms with E-state index in [0.29, 0.717) is 24.3 Å². The van der Waals surface area contributed by atoms with Gasteiger partial charge >= 0.3 is 0 Å². The summed E-state index contributed by atoms with van der Waals surface area (Å²) in [7, 11) is -3.72. The Bertz CT molecular complexity index is 1390. The number of benzene rings is 1. The highest BCUT2D eigenvalue weighted by Crippen LogP contribution is 2.28. The number of aryl methyl sites for hydroxylation is 1. The number of fused-ring (bicyclic) bond motifs is 1. The Morgan fingerprint density at radius 1 is 1.09 bits per heavy atom. The SMILES string of the molecule is Cc1cnc2c(S(=O)(=O)N3CCN(C(=O)c4csc(-c5ccsc5)n4)CC3)cccc2c1. The van der Waals surface area contributed by atoms with Crippen molar-refractivity contribution in [1.82, 2.24) is 19.2 Å². The molecule has 32 heavy (non-hydrogen) atoms. The van der Waals surface area contributed by atoms with Crippen molar-refractivity contribution >= 4 is 49.5 Å². The topological polar surface area (TPSA) is 83.5 Å². The number of para-hydroxylation sites is 1. The molecule has 1 fully saturated rings. The maximum atomic E-state index is 13.3. The fourth-order valence-electron chi connectivity index (χ4n) is 3.77. The first-order chi connectivity index (χ1) is 15.4. The highest BCUT2D eigenvalue weighted by molar-refractivity contribution is 7.89. The number of sulfonamides is 1. The maximum absolute atomic E-state index is 13.3. The molecule has 0 saturated carbocycles. The van der Waals surface area contributed by atoms with Crippen molar-refractivity contribution in [2.45, 2.75) is 11.8 Å². The number of piperazine rings is 1. The van der Waals surface area contributed by atoms with E-state index in [4.69, 9.17) is 0 Å². The van der Waals surface area contributed by atoms with E-state index in [1.54, 1.807) is 39.9 Å². The molecule has 0 spiro atoms.